The summed E-state index contributed by atoms with van der Waals surface area (Å²) in [7, 11) is 0. The second kappa shape index (κ2) is 6.07. The van der Waals surface area contributed by atoms with Crippen LogP contribution in [0.2, 0.25) is 0 Å². The summed E-state index contributed by atoms with van der Waals surface area (Å²) in [6.07, 6.45) is 5.76. The van der Waals surface area contributed by atoms with Crippen LogP contribution in [0, 0.1) is 35.5 Å². The van der Waals surface area contributed by atoms with Crippen LogP contribution in [0.3, 0.4) is 0 Å². The lowest BCUT2D eigenvalue weighted by Crippen LogP contribution is -2.39. The number of rotatable bonds is 6. The van der Waals surface area contributed by atoms with Crippen molar-refractivity contribution in [2.45, 2.75) is 67.2 Å². The summed E-state index contributed by atoms with van der Waals surface area (Å²) >= 11 is 0. The van der Waals surface area contributed by atoms with Crippen LogP contribution in [0.5, 0.6) is 0 Å². The Labute approximate surface area is 103 Å². The van der Waals surface area contributed by atoms with E-state index in [1.165, 1.54) is 25.7 Å². The molecule has 4 unspecified atom stereocenters. The Morgan fingerprint density at radius 2 is 1.44 bits per heavy atom. The Hall–Kier alpha value is 0. The molecule has 0 amide bonds. The molecule has 16 heavy (non-hydrogen) atoms. The van der Waals surface area contributed by atoms with Crippen LogP contribution in [-0.2, 0) is 0 Å². The van der Waals surface area contributed by atoms with Crippen molar-refractivity contribution in [1.29, 1.82) is 0 Å². The number of hydrogen-bond acceptors (Lipinski definition) is 0. The van der Waals surface area contributed by atoms with E-state index in [2.05, 4.69) is 41.5 Å². The normalized spacial score (nSPS) is 29.2. The minimum Gasteiger partial charge on any atom is -0.0651 e. The van der Waals surface area contributed by atoms with Crippen molar-refractivity contribution in [3.05, 3.63) is 0 Å². The molecular weight excluding hydrogens is 192 g/mol. The van der Waals surface area contributed by atoms with Gasteiger partial charge in [0.1, 0.15) is 0 Å². The third kappa shape index (κ3) is 2.81. The van der Waals surface area contributed by atoms with E-state index in [0.29, 0.717) is 0 Å². The standard InChI is InChI=1S/C16H32/c1-7-13(11(3)4)14(8-2)16-10-9-15(16)12(5)6/h11-16H,7-10H2,1-6H3. The molecule has 96 valence electrons. The first-order valence-electron chi connectivity index (χ1n) is 7.52. The van der Waals surface area contributed by atoms with Gasteiger partial charge in [0, 0.05) is 0 Å². The van der Waals surface area contributed by atoms with Crippen LogP contribution < -0.4 is 0 Å². The van der Waals surface area contributed by atoms with Gasteiger partial charge in [0.2, 0.25) is 0 Å². The molecule has 0 aromatic rings. The first kappa shape index (κ1) is 14.1. The quantitative estimate of drug-likeness (QED) is 0.568. The van der Waals surface area contributed by atoms with Crippen LogP contribution >= 0.6 is 0 Å². The topological polar surface area (TPSA) is 0 Å². The molecule has 0 aliphatic heterocycles. The monoisotopic (exact) mass is 224 g/mol. The van der Waals surface area contributed by atoms with Crippen molar-refractivity contribution in [3.63, 3.8) is 0 Å². The van der Waals surface area contributed by atoms with E-state index in [0.717, 1.165) is 35.5 Å². The minimum atomic E-state index is 0.864. The highest BCUT2D eigenvalue weighted by atomic mass is 14.5. The van der Waals surface area contributed by atoms with Crippen molar-refractivity contribution in [1.82, 2.24) is 0 Å². The molecule has 0 radical (unpaired) electrons. The molecule has 0 bridgehead atoms. The van der Waals surface area contributed by atoms with Crippen molar-refractivity contribution in [2.75, 3.05) is 0 Å². The van der Waals surface area contributed by atoms with E-state index in [1.807, 2.05) is 0 Å². The van der Waals surface area contributed by atoms with Gasteiger partial charge in [0.05, 0.1) is 0 Å². The van der Waals surface area contributed by atoms with E-state index >= 15 is 0 Å². The van der Waals surface area contributed by atoms with E-state index in [-0.39, 0.29) is 0 Å². The summed E-state index contributed by atoms with van der Waals surface area (Å²) in [5.41, 5.74) is 0. The highest BCUT2D eigenvalue weighted by Gasteiger charge is 2.40. The smallest absolute Gasteiger partial charge is 0.0352 e. The second-order valence-corrected chi connectivity index (χ2v) is 6.54. The fourth-order valence-electron chi connectivity index (χ4n) is 4.10. The second-order valence-electron chi connectivity index (χ2n) is 6.54. The average molecular weight is 224 g/mol. The van der Waals surface area contributed by atoms with Crippen molar-refractivity contribution < 1.29 is 0 Å². The zero-order chi connectivity index (χ0) is 12.3. The molecule has 0 heteroatoms. The molecule has 0 saturated heterocycles. The van der Waals surface area contributed by atoms with Gasteiger partial charge in [-0.1, -0.05) is 54.4 Å². The maximum atomic E-state index is 2.42. The largest absolute Gasteiger partial charge is 0.0651 e. The molecule has 0 spiro atoms. The van der Waals surface area contributed by atoms with E-state index in [1.54, 1.807) is 0 Å². The lowest BCUT2D eigenvalue weighted by molar-refractivity contribution is 0.0192. The maximum Gasteiger partial charge on any atom is -0.0352 e. The molecule has 4 atom stereocenters. The summed E-state index contributed by atoms with van der Waals surface area (Å²) in [5.74, 6) is 5.78. The molecular formula is C16H32. The van der Waals surface area contributed by atoms with Crippen LogP contribution in [0.1, 0.15) is 67.2 Å². The maximum absolute atomic E-state index is 2.42. The van der Waals surface area contributed by atoms with Gasteiger partial charge in [-0.3, -0.25) is 0 Å². The van der Waals surface area contributed by atoms with Gasteiger partial charge in [0.25, 0.3) is 0 Å². The molecule has 0 aromatic heterocycles. The fraction of sp³-hybridized carbons (Fsp3) is 1.00. The first-order chi connectivity index (χ1) is 7.52. The zero-order valence-corrected chi connectivity index (χ0v) is 12.3. The van der Waals surface area contributed by atoms with E-state index < -0.39 is 0 Å². The van der Waals surface area contributed by atoms with Crippen LogP contribution in [0.25, 0.3) is 0 Å². The fourth-order valence-corrected chi connectivity index (χ4v) is 4.10. The molecule has 1 aliphatic carbocycles. The average Bonchev–Trinajstić information content (AvgIpc) is 2.13. The lowest BCUT2D eigenvalue weighted by Gasteiger charge is -2.47. The Morgan fingerprint density at radius 3 is 1.69 bits per heavy atom. The Bertz CT molecular complexity index is 192. The highest BCUT2D eigenvalue weighted by Crippen LogP contribution is 2.49. The molecule has 0 heterocycles. The van der Waals surface area contributed by atoms with Gasteiger partial charge in [-0.15, -0.1) is 0 Å². The molecule has 1 fully saturated rings. The predicted molar refractivity (Wildman–Crippen MR) is 73.5 cm³/mol. The molecule has 0 nitrogen and oxygen atoms in total. The number of hydrogen-bond donors (Lipinski definition) is 0. The van der Waals surface area contributed by atoms with Gasteiger partial charge in [0.15, 0.2) is 0 Å². The zero-order valence-electron chi connectivity index (χ0n) is 12.3. The highest BCUT2D eigenvalue weighted by molar-refractivity contribution is 4.90. The van der Waals surface area contributed by atoms with Gasteiger partial charge in [-0.2, -0.15) is 0 Å². The van der Waals surface area contributed by atoms with E-state index in [4.69, 9.17) is 0 Å². The molecule has 1 rings (SSSR count). The molecule has 1 aliphatic rings. The molecule has 0 aromatic carbocycles. The predicted octanol–water partition coefficient (Wildman–Crippen LogP) is 5.38. The molecule has 1 saturated carbocycles. The third-order valence-electron chi connectivity index (χ3n) is 5.14. The van der Waals surface area contributed by atoms with Crippen molar-refractivity contribution in [3.8, 4) is 0 Å². The lowest BCUT2D eigenvalue weighted by atomic mass is 9.58. The summed E-state index contributed by atoms with van der Waals surface area (Å²) in [6, 6.07) is 0. The summed E-state index contributed by atoms with van der Waals surface area (Å²) in [5, 5.41) is 0. The van der Waals surface area contributed by atoms with Crippen LogP contribution in [-0.4, -0.2) is 0 Å². The van der Waals surface area contributed by atoms with E-state index in [9.17, 15) is 0 Å². The van der Waals surface area contributed by atoms with Crippen LogP contribution in [0.15, 0.2) is 0 Å². The van der Waals surface area contributed by atoms with Gasteiger partial charge >= 0.3 is 0 Å². The summed E-state index contributed by atoms with van der Waals surface area (Å²) in [6.45, 7) is 14.5. The Kier molecular flexibility index (Phi) is 5.34. The molecule has 0 N–H and O–H groups in total. The summed E-state index contributed by atoms with van der Waals surface area (Å²) in [4.78, 5) is 0. The van der Waals surface area contributed by atoms with Gasteiger partial charge in [-0.05, 0) is 48.3 Å². The minimum absolute atomic E-state index is 0.864. The van der Waals surface area contributed by atoms with Gasteiger partial charge in [-0.25, -0.2) is 0 Å². The summed E-state index contributed by atoms with van der Waals surface area (Å²) < 4.78 is 0. The van der Waals surface area contributed by atoms with Crippen molar-refractivity contribution >= 4 is 0 Å². The van der Waals surface area contributed by atoms with Crippen LogP contribution in [0.4, 0.5) is 0 Å². The first-order valence-corrected chi connectivity index (χ1v) is 7.52. The van der Waals surface area contributed by atoms with Crippen molar-refractivity contribution in [2.24, 2.45) is 35.5 Å². The van der Waals surface area contributed by atoms with Gasteiger partial charge < -0.3 is 0 Å². The third-order valence-corrected chi connectivity index (χ3v) is 5.14. The Morgan fingerprint density at radius 1 is 0.875 bits per heavy atom. The Balaban J connectivity index is 2.66. The SMILES string of the molecule is CCC(C(C)C)C(CC)C1CCC1C(C)C.